The van der Waals surface area contributed by atoms with E-state index >= 15 is 0 Å². The van der Waals surface area contributed by atoms with E-state index < -0.39 is 5.97 Å². The molecule has 0 unspecified atom stereocenters. The van der Waals surface area contributed by atoms with Gasteiger partial charge in [-0.25, -0.2) is 14.8 Å². The normalized spacial score (nSPS) is 10.5. The second-order valence-electron chi connectivity index (χ2n) is 3.99. The minimum Gasteiger partial charge on any atom is -0.478 e. The smallest absolute Gasteiger partial charge is 0.339 e. The van der Waals surface area contributed by atoms with Crippen molar-refractivity contribution in [3.8, 4) is 0 Å². The van der Waals surface area contributed by atoms with Gasteiger partial charge in [0.2, 0.25) is 0 Å². The maximum Gasteiger partial charge on any atom is 0.339 e. The topological polar surface area (TPSA) is 92.9 Å². The zero-order valence-corrected chi connectivity index (χ0v) is 10.4. The predicted molar refractivity (Wildman–Crippen MR) is 67.5 cm³/mol. The quantitative estimate of drug-likeness (QED) is 0.707. The van der Waals surface area contributed by atoms with E-state index in [2.05, 4.69) is 20.4 Å². The van der Waals surface area contributed by atoms with Crippen LogP contribution in [0.3, 0.4) is 0 Å². The van der Waals surface area contributed by atoms with Gasteiger partial charge in [0, 0.05) is 31.7 Å². The fraction of sp³-hybridized carbons (Fsp3) is 0.333. The first-order valence-electron chi connectivity index (χ1n) is 5.97. The van der Waals surface area contributed by atoms with Gasteiger partial charge in [-0.05, 0) is 19.0 Å². The van der Waals surface area contributed by atoms with Crippen LogP contribution in [0.4, 0.5) is 0 Å². The molecule has 0 amide bonds. The van der Waals surface area contributed by atoms with Crippen LogP contribution in [0.1, 0.15) is 22.5 Å². The molecule has 0 radical (unpaired) electrons. The van der Waals surface area contributed by atoms with Gasteiger partial charge in [-0.3, -0.25) is 4.68 Å². The Balaban J connectivity index is 1.75. The summed E-state index contributed by atoms with van der Waals surface area (Å²) in [6, 6.07) is 1.88. The van der Waals surface area contributed by atoms with Crippen molar-refractivity contribution in [3.63, 3.8) is 0 Å². The molecule has 0 aromatic carbocycles. The first-order chi connectivity index (χ1) is 9.27. The van der Waals surface area contributed by atoms with Crippen LogP contribution in [-0.2, 0) is 13.1 Å². The van der Waals surface area contributed by atoms with Crippen LogP contribution in [0.15, 0.2) is 31.0 Å². The van der Waals surface area contributed by atoms with Crippen LogP contribution >= 0.6 is 0 Å². The van der Waals surface area contributed by atoms with Gasteiger partial charge in [0.25, 0.3) is 0 Å². The van der Waals surface area contributed by atoms with Crippen LogP contribution in [0.5, 0.6) is 0 Å². The lowest BCUT2D eigenvalue weighted by Crippen LogP contribution is -2.19. The van der Waals surface area contributed by atoms with Crippen molar-refractivity contribution >= 4 is 5.97 Å². The second-order valence-corrected chi connectivity index (χ2v) is 3.99. The molecule has 2 aromatic heterocycles. The van der Waals surface area contributed by atoms with Crippen molar-refractivity contribution in [1.29, 1.82) is 0 Å². The number of nitrogens with one attached hydrogen (secondary N) is 1. The van der Waals surface area contributed by atoms with Crippen molar-refractivity contribution in [3.05, 3.63) is 42.2 Å². The number of aryl methyl sites for hydroxylation is 1. The molecule has 2 aromatic rings. The maximum absolute atomic E-state index is 10.9. The molecule has 0 aliphatic carbocycles. The zero-order chi connectivity index (χ0) is 13.5. The van der Waals surface area contributed by atoms with E-state index in [1.54, 1.807) is 6.20 Å². The molecular formula is C12H15N5O2. The number of carboxylic acids is 1. The van der Waals surface area contributed by atoms with E-state index in [0.717, 1.165) is 19.5 Å². The number of hydrogen-bond acceptors (Lipinski definition) is 5. The molecular weight excluding hydrogens is 246 g/mol. The highest BCUT2D eigenvalue weighted by Crippen LogP contribution is 2.02. The minimum absolute atomic E-state index is 0.141. The average Bonchev–Trinajstić information content (AvgIpc) is 2.92. The largest absolute Gasteiger partial charge is 0.478 e. The molecule has 7 heteroatoms. The Labute approximate surface area is 110 Å². The van der Waals surface area contributed by atoms with E-state index in [-0.39, 0.29) is 5.56 Å². The van der Waals surface area contributed by atoms with Crippen molar-refractivity contribution in [1.82, 2.24) is 25.1 Å². The van der Waals surface area contributed by atoms with E-state index in [4.69, 9.17) is 5.11 Å². The molecule has 0 aliphatic heterocycles. The fourth-order valence-corrected chi connectivity index (χ4v) is 1.68. The van der Waals surface area contributed by atoms with Crippen LogP contribution in [0.25, 0.3) is 0 Å². The number of aromatic carboxylic acids is 1. The standard InChI is InChI=1S/C12H15N5O2/c18-12(19)10-7-14-9-15-11(10)8-13-3-1-5-17-6-2-4-16-17/h2,4,6-7,9,13H,1,3,5,8H2,(H,18,19). The highest BCUT2D eigenvalue weighted by Gasteiger charge is 2.10. The zero-order valence-electron chi connectivity index (χ0n) is 10.4. The molecule has 0 saturated carbocycles. The van der Waals surface area contributed by atoms with E-state index in [0.29, 0.717) is 12.2 Å². The third-order valence-corrected chi connectivity index (χ3v) is 2.62. The van der Waals surface area contributed by atoms with Crippen molar-refractivity contribution in [2.24, 2.45) is 0 Å². The monoisotopic (exact) mass is 261 g/mol. The summed E-state index contributed by atoms with van der Waals surface area (Å²) in [4.78, 5) is 18.6. The van der Waals surface area contributed by atoms with Gasteiger partial charge in [-0.1, -0.05) is 0 Å². The Morgan fingerprint density at radius 1 is 1.47 bits per heavy atom. The molecule has 7 nitrogen and oxygen atoms in total. The van der Waals surface area contributed by atoms with Gasteiger partial charge < -0.3 is 10.4 Å². The van der Waals surface area contributed by atoms with Crippen LogP contribution < -0.4 is 5.32 Å². The summed E-state index contributed by atoms with van der Waals surface area (Å²) in [5.41, 5.74) is 0.642. The third-order valence-electron chi connectivity index (χ3n) is 2.62. The lowest BCUT2D eigenvalue weighted by molar-refractivity contribution is 0.0694. The molecule has 0 saturated heterocycles. The van der Waals surface area contributed by atoms with E-state index in [9.17, 15) is 4.79 Å². The van der Waals surface area contributed by atoms with E-state index in [1.807, 2.05) is 16.9 Å². The summed E-state index contributed by atoms with van der Waals surface area (Å²) in [5.74, 6) is -1.01. The van der Waals surface area contributed by atoms with Gasteiger partial charge in [0.1, 0.15) is 11.9 Å². The Morgan fingerprint density at radius 3 is 3.11 bits per heavy atom. The highest BCUT2D eigenvalue weighted by atomic mass is 16.4. The average molecular weight is 261 g/mol. The fourth-order valence-electron chi connectivity index (χ4n) is 1.68. The number of carboxylic acid groups (broad SMARTS) is 1. The first kappa shape index (κ1) is 13.2. The number of nitrogens with zero attached hydrogens (tertiary/aromatic N) is 4. The van der Waals surface area contributed by atoms with Crippen molar-refractivity contribution in [2.45, 2.75) is 19.5 Å². The van der Waals surface area contributed by atoms with Gasteiger partial charge in [-0.2, -0.15) is 5.10 Å². The van der Waals surface area contributed by atoms with Crippen LogP contribution in [0, 0.1) is 0 Å². The molecule has 0 bridgehead atoms. The maximum atomic E-state index is 10.9. The molecule has 0 fully saturated rings. The van der Waals surface area contributed by atoms with Crippen LogP contribution in [-0.4, -0.2) is 37.4 Å². The number of carbonyl (C=O) groups is 1. The number of aromatic nitrogens is 4. The molecule has 0 aliphatic rings. The predicted octanol–water partition coefficient (Wildman–Crippen LogP) is 0.551. The molecule has 100 valence electrons. The van der Waals surface area contributed by atoms with Crippen molar-refractivity contribution < 1.29 is 9.90 Å². The summed E-state index contributed by atoms with van der Waals surface area (Å²) in [5, 5.41) is 16.2. The SMILES string of the molecule is O=C(O)c1cncnc1CNCCCn1cccn1. The summed E-state index contributed by atoms with van der Waals surface area (Å²) < 4.78 is 1.86. The van der Waals surface area contributed by atoms with E-state index in [1.165, 1.54) is 12.5 Å². The lowest BCUT2D eigenvalue weighted by atomic mass is 10.2. The molecule has 2 N–H and O–H groups in total. The van der Waals surface area contributed by atoms with Gasteiger partial charge in [-0.15, -0.1) is 0 Å². The number of hydrogen-bond donors (Lipinski definition) is 2. The lowest BCUT2D eigenvalue weighted by Gasteiger charge is -2.06. The Morgan fingerprint density at radius 2 is 2.37 bits per heavy atom. The van der Waals surface area contributed by atoms with Gasteiger partial charge >= 0.3 is 5.97 Å². The first-order valence-corrected chi connectivity index (χ1v) is 5.97. The van der Waals surface area contributed by atoms with Gasteiger partial charge in [0.05, 0.1) is 5.69 Å². The second kappa shape index (κ2) is 6.60. The minimum atomic E-state index is -1.01. The molecule has 2 rings (SSSR count). The molecule has 0 spiro atoms. The number of rotatable bonds is 7. The van der Waals surface area contributed by atoms with Crippen LogP contribution in [0.2, 0.25) is 0 Å². The summed E-state index contributed by atoms with van der Waals surface area (Å²) in [7, 11) is 0. The highest BCUT2D eigenvalue weighted by molar-refractivity contribution is 5.88. The van der Waals surface area contributed by atoms with Gasteiger partial charge in [0.15, 0.2) is 0 Å². The molecule has 2 heterocycles. The molecule has 19 heavy (non-hydrogen) atoms. The van der Waals surface area contributed by atoms with Crippen molar-refractivity contribution in [2.75, 3.05) is 6.54 Å². The Kier molecular flexibility index (Phi) is 4.57. The molecule has 0 atom stereocenters. The summed E-state index contributed by atoms with van der Waals surface area (Å²) in [6.07, 6.45) is 7.23. The Hall–Kier alpha value is -2.28. The summed E-state index contributed by atoms with van der Waals surface area (Å²) >= 11 is 0. The third kappa shape index (κ3) is 3.85. The summed E-state index contributed by atoms with van der Waals surface area (Å²) in [6.45, 7) is 2.02. The Bertz CT molecular complexity index is 527.